The van der Waals surface area contributed by atoms with Crippen LogP contribution < -0.4 is 10.5 Å². The summed E-state index contributed by atoms with van der Waals surface area (Å²) in [7, 11) is 0. The minimum absolute atomic E-state index is 0.00130. The molecule has 1 aromatic heterocycles. The predicted octanol–water partition coefficient (Wildman–Crippen LogP) is 2.58. The van der Waals surface area contributed by atoms with Gasteiger partial charge in [-0.2, -0.15) is 17.7 Å². The van der Waals surface area contributed by atoms with Crippen LogP contribution in [0.15, 0.2) is 17.1 Å². The number of anilines is 1. The number of aryl methyl sites for hydroxylation is 1. The highest BCUT2D eigenvalue weighted by Crippen LogP contribution is 2.08. The van der Waals surface area contributed by atoms with Crippen LogP contribution in [0.4, 0.5) is 5.69 Å². The highest BCUT2D eigenvalue weighted by molar-refractivity contribution is 7.80. The van der Waals surface area contributed by atoms with Crippen LogP contribution in [0.5, 0.6) is 0 Å². The van der Waals surface area contributed by atoms with Crippen LogP contribution in [0, 0.1) is 0 Å². The zero-order chi connectivity index (χ0) is 14.1. The van der Waals surface area contributed by atoms with Crippen LogP contribution in [0.1, 0.15) is 39.5 Å². The molecule has 0 amide bonds. The Kier molecular flexibility index (Phi) is 7.63. The third-order valence-corrected chi connectivity index (χ3v) is 3.58. The van der Waals surface area contributed by atoms with E-state index in [2.05, 4.69) is 36.5 Å². The maximum atomic E-state index is 12.0. The lowest BCUT2D eigenvalue weighted by atomic mass is 10.2. The minimum atomic E-state index is -0.00130. The second-order valence-corrected chi connectivity index (χ2v) is 5.03. The summed E-state index contributed by atoms with van der Waals surface area (Å²) < 4.78 is 1.56. The third kappa shape index (κ3) is 5.27. The minimum Gasteiger partial charge on any atom is -0.371 e. The van der Waals surface area contributed by atoms with E-state index in [0.29, 0.717) is 6.54 Å². The van der Waals surface area contributed by atoms with E-state index in [4.69, 9.17) is 0 Å². The van der Waals surface area contributed by atoms with Crippen molar-refractivity contribution in [3.05, 3.63) is 22.6 Å². The van der Waals surface area contributed by atoms with Crippen molar-refractivity contribution in [2.45, 2.75) is 46.1 Å². The SMILES string of the molecule is CCN(CC)c1cnn(CCCCCCS)c(=O)c1. The standard InChI is InChI=1S/C14H25N3OS/c1-3-16(4-2)13-11-14(18)17(15-12-13)9-7-5-6-8-10-19/h11-12,19H,3-10H2,1-2H3. The summed E-state index contributed by atoms with van der Waals surface area (Å²) in [6.07, 6.45) is 6.25. The van der Waals surface area contributed by atoms with Crippen LogP contribution in [-0.2, 0) is 6.54 Å². The number of thiol groups is 1. The van der Waals surface area contributed by atoms with E-state index in [9.17, 15) is 4.79 Å². The normalized spacial score (nSPS) is 10.7. The van der Waals surface area contributed by atoms with Gasteiger partial charge < -0.3 is 4.90 Å². The van der Waals surface area contributed by atoms with E-state index in [-0.39, 0.29) is 5.56 Å². The lowest BCUT2D eigenvalue weighted by Gasteiger charge is -2.20. The van der Waals surface area contributed by atoms with Gasteiger partial charge in [-0.3, -0.25) is 4.79 Å². The Morgan fingerprint density at radius 2 is 1.89 bits per heavy atom. The van der Waals surface area contributed by atoms with Crippen molar-refractivity contribution in [3.63, 3.8) is 0 Å². The molecule has 0 spiro atoms. The molecule has 0 unspecified atom stereocenters. The molecule has 1 aromatic rings. The smallest absolute Gasteiger partial charge is 0.268 e. The number of aromatic nitrogens is 2. The van der Waals surface area contributed by atoms with E-state index < -0.39 is 0 Å². The zero-order valence-corrected chi connectivity index (χ0v) is 12.9. The van der Waals surface area contributed by atoms with Crippen LogP contribution in [0.3, 0.4) is 0 Å². The summed E-state index contributed by atoms with van der Waals surface area (Å²) in [6, 6.07) is 1.69. The molecular formula is C14H25N3OS. The molecular weight excluding hydrogens is 258 g/mol. The zero-order valence-electron chi connectivity index (χ0n) is 12.0. The van der Waals surface area contributed by atoms with Crippen molar-refractivity contribution in [2.75, 3.05) is 23.7 Å². The van der Waals surface area contributed by atoms with Crippen molar-refractivity contribution in [2.24, 2.45) is 0 Å². The number of rotatable bonds is 9. The summed E-state index contributed by atoms with van der Waals surface area (Å²) in [5.74, 6) is 0.941. The van der Waals surface area contributed by atoms with Gasteiger partial charge in [-0.1, -0.05) is 12.8 Å². The summed E-state index contributed by atoms with van der Waals surface area (Å²) in [6.45, 7) is 6.66. The third-order valence-electron chi connectivity index (χ3n) is 3.26. The summed E-state index contributed by atoms with van der Waals surface area (Å²) in [5.41, 5.74) is 0.917. The van der Waals surface area contributed by atoms with Gasteiger partial charge in [0.05, 0.1) is 11.9 Å². The molecule has 0 aromatic carbocycles. The fraction of sp³-hybridized carbons (Fsp3) is 0.714. The lowest BCUT2D eigenvalue weighted by Crippen LogP contribution is -2.27. The van der Waals surface area contributed by atoms with Crippen LogP contribution in [0.2, 0.25) is 0 Å². The van der Waals surface area contributed by atoms with Gasteiger partial charge in [0.1, 0.15) is 0 Å². The second kappa shape index (κ2) is 9.02. The van der Waals surface area contributed by atoms with Crippen molar-refractivity contribution >= 4 is 18.3 Å². The molecule has 0 atom stereocenters. The number of hydrogen-bond donors (Lipinski definition) is 1. The molecule has 108 valence electrons. The lowest BCUT2D eigenvalue weighted by molar-refractivity contribution is 0.519. The highest BCUT2D eigenvalue weighted by atomic mass is 32.1. The van der Waals surface area contributed by atoms with E-state index in [1.165, 1.54) is 6.42 Å². The van der Waals surface area contributed by atoms with Crippen LogP contribution >= 0.6 is 12.6 Å². The Labute approximate surface area is 121 Å². The first-order chi connectivity index (χ1) is 9.22. The van der Waals surface area contributed by atoms with Gasteiger partial charge in [0.25, 0.3) is 5.56 Å². The molecule has 0 saturated carbocycles. The molecule has 0 fully saturated rings. The van der Waals surface area contributed by atoms with E-state index >= 15 is 0 Å². The maximum Gasteiger partial charge on any atom is 0.268 e. The summed E-state index contributed by atoms with van der Waals surface area (Å²) >= 11 is 4.19. The topological polar surface area (TPSA) is 38.1 Å². The Hall–Kier alpha value is -0.970. The molecule has 1 rings (SSSR count). The predicted molar refractivity (Wildman–Crippen MR) is 84.4 cm³/mol. The monoisotopic (exact) mass is 283 g/mol. The largest absolute Gasteiger partial charge is 0.371 e. The molecule has 0 radical (unpaired) electrons. The van der Waals surface area contributed by atoms with Gasteiger partial charge >= 0.3 is 0 Å². The van der Waals surface area contributed by atoms with Crippen molar-refractivity contribution in [1.82, 2.24) is 9.78 Å². The average Bonchev–Trinajstić information content (AvgIpc) is 2.42. The quantitative estimate of drug-likeness (QED) is 0.559. The van der Waals surface area contributed by atoms with Gasteiger partial charge in [0.2, 0.25) is 0 Å². The molecule has 0 aliphatic rings. The molecule has 0 aliphatic carbocycles. The van der Waals surface area contributed by atoms with E-state index in [1.807, 2.05) is 0 Å². The average molecular weight is 283 g/mol. The Morgan fingerprint density at radius 1 is 1.21 bits per heavy atom. The molecule has 1 heterocycles. The van der Waals surface area contributed by atoms with Crippen LogP contribution in [0.25, 0.3) is 0 Å². The maximum absolute atomic E-state index is 12.0. The number of nitrogens with zero attached hydrogens (tertiary/aromatic N) is 3. The van der Waals surface area contributed by atoms with E-state index in [1.54, 1.807) is 16.9 Å². The summed E-state index contributed by atoms with van der Waals surface area (Å²) in [4.78, 5) is 14.1. The molecule has 0 N–H and O–H groups in total. The van der Waals surface area contributed by atoms with Gasteiger partial charge in [0, 0.05) is 25.7 Å². The molecule has 5 heteroatoms. The number of unbranched alkanes of at least 4 members (excludes halogenated alkanes) is 3. The van der Waals surface area contributed by atoms with E-state index in [0.717, 1.165) is 43.8 Å². The van der Waals surface area contributed by atoms with Crippen molar-refractivity contribution in [1.29, 1.82) is 0 Å². The summed E-state index contributed by atoms with van der Waals surface area (Å²) in [5, 5.41) is 4.26. The molecule has 19 heavy (non-hydrogen) atoms. The number of hydrogen-bond acceptors (Lipinski definition) is 4. The van der Waals surface area contributed by atoms with Crippen molar-refractivity contribution in [3.8, 4) is 0 Å². The first kappa shape index (κ1) is 16.1. The van der Waals surface area contributed by atoms with Gasteiger partial charge in [-0.25, -0.2) is 4.68 Å². The molecule has 4 nitrogen and oxygen atoms in total. The fourth-order valence-corrected chi connectivity index (χ4v) is 2.30. The van der Waals surface area contributed by atoms with Gasteiger partial charge in [-0.15, -0.1) is 0 Å². The first-order valence-electron chi connectivity index (χ1n) is 7.15. The molecule has 0 bridgehead atoms. The van der Waals surface area contributed by atoms with Crippen LogP contribution in [-0.4, -0.2) is 28.6 Å². The first-order valence-corrected chi connectivity index (χ1v) is 7.79. The van der Waals surface area contributed by atoms with Gasteiger partial charge in [-0.05, 0) is 32.4 Å². The fourth-order valence-electron chi connectivity index (χ4n) is 2.08. The van der Waals surface area contributed by atoms with Crippen molar-refractivity contribution < 1.29 is 0 Å². The molecule has 0 saturated heterocycles. The van der Waals surface area contributed by atoms with Gasteiger partial charge in [0.15, 0.2) is 0 Å². The highest BCUT2D eigenvalue weighted by Gasteiger charge is 2.05. The Morgan fingerprint density at radius 3 is 2.47 bits per heavy atom. The Bertz CT molecular complexity index is 415. The second-order valence-electron chi connectivity index (χ2n) is 4.59. The molecule has 0 aliphatic heterocycles. The Balaban J connectivity index is 2.55.